The van der Waals surface area contributed by atoms with E-state index in [1.54, 1.807) is 6.92 Å². The first-order valence-corrected chi connectivity index (χ1v) is 3.70. The fourth-order valence-electron chi connectivity index (χ4n) is 0.821. The van der Waals surface area contributed by atoms with E-state index in [-0.39, 0.29) is 5.92 Å². The Morgan fingerprint density at radius 3 is 2.50 bits per heavy atom. The Hall–Kier alpha value is -0.480. The van der Waals surface area contributed by atoms with E-state index in [0.29, 0.717) is 6.42 Å². The molecule has 0 rings (SSSR count). The molecule has 0 aliphatic rings. The van der Waals surface area contributed by atoms with Gasteiger partial charge < -0.3 is 5.11 Å². The van der Waals surface area contributed by atoms with Gasteiger partial charge >= 0.3 is 0 Å². The second-order valence-electron chi connectivity index (χ2n) is 3.05. The van der Waals surface area contributed by atoms with Crippen LogP contribution in [0.4, 0.5) is 0 Å². The van der Waals surface area contributed by atoms with Crippen molar-refractivity contribution in [2.75, 3.05) is 0 Å². The van der Waals surface area contributed by atoms with Crippen LogP contribution >= 0.6 is 0 Å². The summed E-state index contributed by atoms with van der Waals surface area (Å²) in [5.41, 5.74) is -0.677. The largest absolute Gasteiger partial charge is 0.389 e. The maximum Gasteiger partial charge on any atom is 0.0753 e. The molecule has 0 spiro atoms. The monoisotopic (exact) mass is 140 g/mol. The van der Waals surface area contributed by atoms with E-state index in [4.69, 9.17) is 6.42 Å². The second-order valence-corrected chi connectivity index (χ2v) is 3.05. The lowest BCUT2D eigenvalue weighted by Gasteiger charge is -2.27. The number of hydrogen-bond acceptors (Lipinski definition) is 1. The van der Waals surface area contributed by atoms with Crippen molar-refractivity contribution in [1.29, 1.82) is 0 Å². The van der Waals surface area contributed by atoms with Crippen LogP contribution in [0.3, 0.4) is 0 Å². The molecule has 2 atom stereocenters. The standard InChI is InChI=1S/C9H16O/c1-5-7-9(4,10)8(3)6-2/h1,8,10H,6-7H2,2-4H3/t8-,9+/m0/s1. The first-order valence-electron chi connectivity index (χ1n) is 3.70. The molecule has 0 heterocycles. The van der Waals surface area contributed by atoms with Crippen LogP contribution in [0, 0.1) is 18.3 Å². The SMILES string of the molecule is C#CC[C@@](C)(O)[C@@H](C)CC. The first-order chi connectivity index (χ1) is 4.54. The van der Waals surface area contributed by atoms with Crippen LogP contribution in [-0.2, 0) is 0 Å². The zero-order valence-corrected chi connectivity index (χ0v) is 7.02. The topological polar surface area (TPSA) is 20.2 Å². The normalized spacial score (nSPS) is 19.1. The van der Waals surface area contributed by atoms with Crippen LogP contribution in [0.15, 0.2) is 0 Å². The van der Waals surface area contributed by atoms with Gasteiger partial charge in [0, 0.05) is 6.42 Å². The molecular formula is C9H16O. The molecule has 0 unspecified atom stereocenters. The highest BCUT2D eigenvalue weighted by Crippen LogP contribution is 2.22. The summed E-state index contributed by atoms with van der Waals surface area (Å²) in [5.74, 6) is 2.75. The summed E-state index contributed by atoms with van der Waals surface area (Å²) < 4.78 is 0. The summed E-state index contributed by atoms with van der Waals surface area (Å²) in [6.07, 6.45) is 6.51. The average Bonchev–Trinajstić information content (AvgIpc) is 1.86. The minimum absolute atomic E-state index is 0.281. The molecule has 0 saturated heterocycles. The fourth-order valence-corrected chi connectivity index (χ4v) is 0.821. The van der Waals surface area contributed by atoms with Gasteiger partial charge in [0.15, 0.2) is 0 Å². The Labute approximate surface area is 63.5 Å². The molecule has 0 aromatic carbocycles. The van der Waals surface area contributed by atoms with Gasteiger partial charge in [-0.1, -0.05) is 20.3 Å². The lowest BCUT2D eigenvalue weighted by Crippen LogP contribution is -2.31. The average molecular weight is 140 g/mol. The lowest BCUT2D eigenvalue weighted by atomic mass is 9.86. The van der Waals surface area contributed by atoms with E-state index in [2.05, 4.69) is 12.8 Å². The Morgan fingerprint density at radius 1 is 1.70 bits per heavy atom. The van der Waals surface area contributed by atoms with Crippen LogP contribution in [0.1, 0.15) is 33.6 Å². The van der Waals surface area contributed by atoms with Gasteiger partial charge in [-0.25, -0.2) is 0 Å². The smallest absolute Gasteiger partial charge is 0.0753 e. The van der Waals surface area contributed by atoms with E-state index in [9.17, 15) is 5.11 Å². The van der Waals surface area contributed by atoms with Gasteiger partial charge in [0.05, 0.1) is 5.60 Å². The zero-order chi connectivity index (χ0) is 8.20. The van der Waals surface area contributed by atoms with E-state index in [1.165, 1.54) is 0 Å². The maximum absolute atomic E-state index is 9.64. The molecule has 1 nitrogen and oxygen atoms in total. The third-order valence-electron chi connectivity index (χ3n) is 2.13. The van der Waals surface area contributed by atoms with Gasteiger partial charge in [-0.3, -0.25) is 0 Å². The Balaban J connectivity index is 3.98. The second kappa shape index (κ2) is 3.63. The van der Waals surface area contributed by atoms with Crippen molar-refractivity contribution >= 4 is 0 Å². The van der Waals surface area contributed by atoms with Gasteiger partial charge in [-0.2, -0.15) is 0 Å². The molecule has 0 amide bonds. The molecule has 0 radical (unpaired) electrons. The third kappa shape index (κ3) is 2.41. The van der Waals surface area contributed by atoms with E-state index in [0.717, 1.165) is 6.42 Å². The van der Waals surface area contributed by atoms with Crippen molar-refractivity contribution in [3.8, 4) is 12.3 Å². The van der Waals surface area contributed by atoms with E-state index in [1.807, 2.05) is 6.92 Å². The molecule has 10 heavy (non-hydrogen) atoms. The van der Waals surface area contributed by atoms with Crippen LogP contribution in [0.2, 0.25) is 0 Å². The maximum atomic E-state index is 9.64. The Bertz CT molecular complexity index is 130. The molecular weight excluding hydrogens is 124 g/mol. The Kier molecular flexibility index (Phi) is 3.46. The Morgan fingerprint density at radius 2 is 2.20 bits per heavy atom. The summed E-state index contributed by atoms with van der Waals surface area (Å²) in [6, 6.07) is 0. The summed E-state index contributed by atoms with van der Waals surface area (Å²) in [5, 5.41) is 9.64. The molecule has 0 aromatic rings. The minimum atomic E-state index is -0.677. The molecule has 1 N–H and O–H groups in total. The predicted octanol–water partition coefficient (Wildman–Crippen LogP) is 1.81. The van der Waals surface area contributed by atoms with E-state index < -0.39 is 5.60 Å². The third-order valence-corrected chi connectivity index (χ3v) is 2.13. The number of rotatable bonds is 3. The summed E-state index contributed by atoms with van der Waals surface area (Å²) in [4.78, 5) is 0. The van der Waals surface area contributed by atoms with Crippen LogP contribution in [0.5, 0.6) is 0 Å². The molecule has 0 saturated carbocycles. The molecule has 58 valence electrons. The first kappa shape index (κ1) is 9.52. The van der Waals surface area contributed by atoms with Crippen molar-refractivity contribution in [1.82, 2.24) is 0 Å². The van der Waals surface area contributed by atoms with Crippen molar-refractivity contribution in [2.24, 2.45) is 5.92 Å². The van der Waals surface area contributed by atoms with E-state index >= 15 is 0 Å². The highest BCUT2D eigenvalue weighted by Gasteiger charge is 2.25. The van der Waals surface area contributed by atoms with Gasteiger partial charge in [0.25, 0.3) is 0 Å². The highest BCUT2D eigenvalue weighted by atomic mass is 16.3. The molecule has 0 aromatic heterocycles. The molecule has 1 heteroatoms. The van der Waals surface area contributed by atoms with Crippen LogP contribution in [0.25, 0.3) is 0 Å². The molecule has 0 bridgehead atoms. The molecule has 0 aliphatic heterocycles. The van der Waals surface area contributed by atoms with Crippen molar-refractivity contribution in [3.05, 3.63) is 0 Å². The van der Waals surface area contributed by atoms with Gasteiger partial charge in [-0.05, 0) is 12.8 Å². The lowest BCUT2D eigenvalue weighted by molar-refractivity contribution is 0.00972. The number of aliphatic hydroxyl groups is 1. The molecule has 0 aliphatic carbocycles. The van der Waals surface area contributed by atoms with Gasteiger partial charge in [-0.15, -0.1) is 12.3 Å². The minimum Gasteiger partial charge on any atom is -0.389 e. The summed E-state index contributed by atoms with van der Waals surface area (Å²) >= 11 is 0. The number of terminal acetylenes is 1. The molecule has 0 fully saturated rings. The summed E-state index contributed by atoms with van der Waals surface area (Å²) in [6.45, 7) is 5.86. The summed E-state index contributed by atoms with van der Waals surface area (Å²) in [7, 11) is 0. The number of hydrogen-bond donors (Lipinski definition) is 1. The van der Waals surface area contributed by atoms with Crippen molar-refractivity contribution in [3.63, 3.8) is 0 Å². The van der Waals surface area contributed by atoms with Crippen LogP contribution in [-0.4, -0.2) is 10.7 Å². The fraction of sp³-hybridized carbons (Fsp3) is 0.778. The van der Waals surface area contributed by atoms with Gasteiger partial charge in [0.2, 0.25) is 0 Å². The van der Waals surface area contributed by atoms with Gasteiger partial charge in [0.1, 0.15) is 0 Å². The quantitative estimate of drug-likeness (QED) is 0.593. The predicted molar refractivity (Wildman–Crippen MR) is 43.5 cm³/mol. The highest BCUT2D eigenvalue weighted by molar-refractivity contribution is 4.94. The zero-order valence-electron chi connectivity index (χ0n) is 7.02. The van der Waals surface area contributed by atoms with Crippen molar-refractivity contribution < 1.29 is 5.11 Å². The van der Waals surface area contributed by atoms with Crippen molar-refractivity contribution in [2.45, 2.75) is 39.2 Å². The van der Waals surface area contributed by atoms with Crippen LogP contribution < -0.4 is 0 Å².